The molecule has 0 saturated carbocycles. The minimum Gasteiger partial charge on any atom is -0.432 e. The summed E-state index contributed by atoms with van der Waals surface area (Å²) in [6, 6.07) is 0. The molecule has 124 valence electrons. The molecule has 0 fully saturated rings. The molecule has 0 radical (unpaired) electrons. The summed E-state index contributed by atoms with van der Waals surface area (Å²) in [7, 11) is 0. The molecular weight excluding hydrogens is 284 g/mol. The molecule has 1 atom stereocenters. The summed E-state index contributed by atoms with van der Waals surface area (Å²) in [5, 5.41) is 26.5. The molecule has 0 aromatic carbocycles. The third kappa shape index (κ3) is 12.1. The van der Waals surface area contributed by atoms with Crippen molar-refractivity contribution in [3.05, 3.63) is 41.7 Å². The second kappa shape index (κ2) is 14.3. The van der Waals surface area contributed by atoms with Crippen LogP contribution in [-0.4, -0.2) is 40.8 Å². The second-order valence-corrected chi connectivity index (χ2v) is 4.64. The zero-order chi connectivity index (χ0) is 16.6. The number of carbonyl (C=O) groups is 1. The van der Waals surface area contributed by atoms with Crippen molar-refractivity contribution in [1.82, 2.24) is 0 Å². The average molecular weight is 310 g/mol. The fourth-order valence-electron chi connectivity index (χ4n) is 1.46. The van der Waals surface area contributed by atoms with Gasteiger partial charge in [-0.15, -0.1) is 5.73 Å². The van der Waals surface area contributed by atoms with E-state index in [4.69, 9.17) is 14.9 Å². The van der Waals surface area contributed by atoms with Gasteiger partial charge in [0.05, 0.1) is 12.2 Å². The maximum atomic E-state index is 11.6. The fourth-order valence-corrected chi connectivity index (χ4v) is 1.46. The van der Waals surface area contributed by atoms with Crippen LogP contribution in [0.5, 0.6) is 0 Å². The maximum absolute atomic E-state index is 11.6. The molecule has 0 bridgehead atoms. The SMILES string of the molecule is CC(=C=CCCC=CCC=CCO)C(=O)OC(O)CCCO. The van der Waals surface area contributed by atoms with E-state index in [1.807, 2.05) is 18.2 Å². The Labute approximate surface area is 131 Å². The number of rotatable bonds is 11. The summed E-state index contributed by atoms with van der Waals surface area (Å²) in [4.78, 5) is 11.6. The van der Waals surface area contributed by atoms with E-state index in [9.17, 15) is 9.90 Å². The van der Waals surface area contributed by atoms with Crippen molar-refractivity contribution in [2.24, 2.45) is 0 Å². The molecule has 0 amide bonds. The van der Waals surface area contributed by atoms with E-state index in [1.54, 1.807) is 19.1 Å². The van der Waals surface area contributed by atoms with Crippen LogP contribution < -0.4 is 0 Å². The molecule has 0 rings (SSSR count). The van der Waals surface area contributed by atoms with Gasteiger partial charge in [0.1, 0.15) is 0 Å². The van der Waals surface area contributed by atoms with Crippen LogP contribution >= 0.6 is 0 Å². The molecule has 0 aliphatic rings. The fraction of sp³-hybridized carbons (Fsp3) is 0.529. The zero-order valence-electron chi connectivity index (χ0n) is 13.1. The molecule has 0 saturated heterocycles. The van der Waals surface area contributed by atoms with E-state index in [2.05, 4.69) is 5.73 Å². The molecule has 3 N–H and O–H groups in total. The van der Waals surface area contributed by atoms with Gasteiger partial charge in [-0.3, -0.25) is 0 Å². The number of ether oxygens (including phenoxy) is 1. The van der Waals surface area contributed by atoms with Gasteiger partial charge in [-0.25, -0.2) is 4.79 Å². The van der Waals surface area contributed by atoms with Gasteiger partial charge < -0.3 is 20.1 Å². The number of aliphatic hydroxyl groups excluding tert-OH is 3. The monoisotopic (exact) mass is 310 g/mol. The average Bonchev–Trinajstić information content (AvgIpc) is 2.51. The number of unbranched alkanes of at least 4 members (excludes halogenated alkanes) is 1. The molecule has 5 nitrogen and oxygen atoms in total. The first-order valence-corrected chi connectivity index (χ1v) is 7.44. The van der Waals surface area contributed by atoms with E-state index in [0.29, 0.717) is 12.0 Å². The normalized spacial score (nSPS) is 12.4. The Kier molecular flexibility index (Phi) is 13.2. The molecular formula is C17H26O5. The first-order valence-electron chi connectivity index (χ1n) is 7.44. The van der Waals surface area contributed by atoms with Crippen LogP contribution in [0.4, 0.5) is 0 Å². The lowest BCUT2D eigenvalue weighted by Gasteiger charge is -2.10. The van der Waals surface area contributed by atoms with E-state index >= 15 is 0 Å². The Morgan fingerprint density at radius 3 is 2.59 bits per heavy atom. The van der Waals surface area contributed by atoms with Crippen molar-refractivity contribution in [3.63, 3.8) is 0 Å². The molecule has 0 aliphatic heterocycles. The lowest BCUT2D eigenvalue weighted by molar-refractivity contribution is -0.164. The second-order valence-electron chi connectivity index (χ2n) is 4.64. The number of allylic oxidation sites excluding steroid dienone is 3. The highest BCUT2D eigenvalue weighted by atomic mass is 16.6. The Hall–Kier alpha value is -1.65. The van der Waals surface area contributed by atoms with Gasteiger partial charge in [-0.05, 0) is 38.7 Å². The summed E-state index contributed by atoms with van der Waals surface area (Å²) in [6.07, 6.45) is 11.1. The first kappa shape index (κ1) is 20.3. The number of hydrogen-bond acceptors (Lipinski definition) is 5. The summed E-state index contributed by atoms with van der Waals surface area (Å²) < 4.78 is 4.79. The number of aliphatic hydroxyl groups is 3. The smallest absolute Gasteiger partial charge is 0.343 e. The van der Waals surface area contributed by atoms with Crippen LogP contribution in [0, 0.1) is 0 Å². The predicted octanol–water partition coefficient (Wildman–Crippen LogP) is 2.00. The predicted molar refractivity (Wildman–Crippen MR) is 84.9 cm³/mol. The summed E-state index contributed by atoms with van der Waals surface area (Å²) in [5.74, 6) is -0.605. The Morgan fingerprint density at radius 2 is 1.91 bits per heavy atom. The topological polar surface area (TPSA) is 87.0 Å². The quantitative estimate of drug-likeness (QED) is 0.136. The highest BCUT2D eigenvalue weighted by molar-refractivity contribution is 5.87. The summed E-state index contributed by atoms with van der Waals surface area (Å²) in [5.41, 5.74) is 3.13. The largest absolute Gasteiger partial charge is 0.432 e. The minimum atomic E-state index is -1.19. The van der Waals surface area contributed by atoms with Crippen molar-refractivity contribution in [3.8, 4) is 0 Å². The first-order chi connectivity index (χ1) is 10.6. The van der Waals surface area contributed by atoms with Gasteiger partial charge >= 0.3 is 5.97 Å². The molecule has 0 aromatic heterocycles. The third-order valence-electron chi connectivity index (χ3n) is 2.67. The number of hydrogen-bond donors (Lipinski definition) is 3. The molecule has 0 heterocycles. The van der Waals surface area contributed by atoms with Gasteiger partial charge in [0.15, 0.2) is 0 Å². The van der Waals surface area contributed by atoms with Gasteiger partial charge in [0.2, 0.25) is 6.29 Å². The maximum Gasteiger partial charge on any atom is 0.343 e. The van der Waals surface area contributed by atoms with Crippen molar-refractivity contribution < 1.29 is 24.9 Å². The highest BCUT2D eigenvalue weighted by Crippen LogP contribution is 2.03. The van der Waals surface area contributed by atoms with E-state index < -0.39 is 12.3 Å². The standard InChI is InChI=1S/C17H26O5/c1-15(17(21)22-16(20)12-10-14-19)11-8-6-4-2-3-5-7-9-13-18/h2-3,7-9,16,18-20H,4-6,10,12-14H2,1H3. The molecule has 0 spiro atoms. The van der Waals surface area contributed by atoms with Crippen LogP contribution in [0.1, 0.15) is 39.0 Å². The zero-order valence-corrected chi connectivity index (χ0v) is 13.1. The van der Waals surface area contributed by atoms with Crippen LogP contribution in [0.2, 0.25) is 0 Å². The van der Waals surface area contributed by atoms with Crippen LogP contribution in [0.25, 0.3) is 0 Å². The van der Waals surface area contributed by atoms with Gasteiger partial charge in [0.25, 0.3) is 0 Å². The van der Waals surface area contributed by atoms with Crippen LogP contribution in [0.15, 0.2) is 41.7 Å². The molecule has 0 aromatic rings. The Bertz CT molecular complexity index is 417. The minimum absolute atomic E-state index is 0.0490. The summed E-state index contributed by atoms with van der Waals surface area (Å²) >= 11 is 0. The van der Waals surface area contributed by atoms with Gasteiger partial charge in [0, 0.05) is 13.0 Å². The van der Waals surface area contributed by atoms with Crippen LogP contribution in [0.3, 0.4) is 0 Å². The van der Waals surface area contributed by atoms with Gasteiger partial charge in [-0.2, -0.15) is 0 Å². The van der Waals surface area contributed by atoms with Crippen molar-refractivity contribution in [1.29, 1.82) is 0 Å². The number of esters is 1. The van der Waals surface area contributed by atoms with E-state index in [1.165, 1.54) is 0 Å². The lowest BCUT2D eigenvalue weighted by Crippen LogP contribution is -2.18. The molecule has 5 heteroatoms. The Morgan fingerprint density at radius 1 is 1.18 bits per heavy atom. The molecule has 0 aliphatic carbocycles. The highest BCUT2D eigenvalue weighted by Gasteiger charge is 2.11. The molecule has 22 heavy (non-hydrogen) atoms. The van der Waals surface area contributed by atoms with E-state index in [-0.39, 0.29) is 19.6 Å². The number of carbonyl (C=O) groups excluding carboxylic acids is 1. The van der Waals surface area contributed by atoms with Crippen molar-refractivity contribution in [2.45, 2.75) is 45.3 Å². The third-order valence-corrected chi connectivity index (χ3v) is 2.67. The van der Waals surface area contributed by atoms with Crippen molar-refractivity contribution in [2.75, 3.05) is 13.2 Å². The Balaban J connectivity index is 4.02. The van der Waals surface area contributed by atoms with Crippen LogP contribution in [-0.2, 0) is 9.53 Å². The lowest BCUT2D eigenvalue weighted by atomic mass is 10.2. The summed E-state index contributed by atoms with van der Waals surface area (Å²) in [6.45, 7) is 1.59. The van der Waals surface area contributed by atoms with E-state index in [0.717, 1.165) is 19.3 Å². The van der Waals surface area contributed by atoms with Gasteiger partial charge in [-0.1, -0.05) is 24.3 Å². The van der Waals surface area contributed by atoms with Crippen molar-refractivity contribution >= 4 is 5.97 Å². The molecule has 1 unspecified atom stereocenters.